The smallest absolute Gasteiger partial charge is 0.166 e. The highest BCUT2D eigenvalue weighted by Crippen LogP contribution is 2.32. The number of aldehydes is 1. The average Bonchev–Trinajstić information content (AvgIpc) is 2.89. The van der Waals surface area contributed by atoms with Gasteiger partial charge in [-0.25, -0.2) is 0 Å². The molecule has 4 rings (SSSR count). The van der Waals surface area contributed by atoms with Crippen LogP contribution in [-0.2, 0) is 6.54 Å². The van der Waals surface area contributed by atoms with Crippen LogP contribution >= 0.6 is 0 Å². The van der Waals surface area contributed by atoms with Crippen LogP contribution in [0.25, 0.3) is 11.6 Å². The third-order valence-electron chi connectivity index (χ3n) is 4.18. The molecule has 0 aliphatic carbocycles. The molecule has 2 nitrogen and oxygen atoms in total. The van der Waals surface area contributed by atoms with Crippen molar-refractivity contribution in [1.29, 1.82) is 0 Å². The van der Waals surface area contributed by atoms with E-state index in [1.165, 1.54) is 11.1 Å². The summed E-state index contributed by atoms with van der Waals surface area (Å²) >= 11 is 0. The molecule has 106 valence electrons. The Morgan fingerprint density at radius 3 is 2.45 bits per heavy atom. The number of benzene rings is 2. The molecule has 0 atom stereocenters. The van der Waals surface area contributed by atoms with Gasteiger partial charge < -0.3 is 4.57 Å². The van der Waals surface area contributed by atoms with Crippen molar-refractivity contribution in [2.45, 2.75) is 6.54 Å². The quantitative estimate of drug-likeness (QED) is 0.505. The standard InChI is InChI=1S/C20H15NO/c22-14-18-10-11-20-19(15-6-2-1-3-7-15)12-16-8-4-5-9-17(16)13-21(18)20/h1-12,14H,13H2. The van der Waals surface area contributed by atoms with Crippen molar-refractivity contribution >= 4 is 17.9 Å². The van der Waals surface area contributed by atoms with Gasteiger partial charge in [0.05, 0.1) is 5.69 Å². The summed E-state index contributed by atoms with van der Waals surface area (Å²) in [5.41, 5.74) is 6.56. The zero-order valence-electron chi connectivity index (χ0n) is 12.1. The lowest BCUT2D eigenvalue weighted by atomic mass is 9.99. The zero-order chi connectivity index (χ0) is 14.9. The van der Waals surface area contributed by atoms with Crippen LogP contribution in [-0.4, -0.2) is 10.9 Å². The van der Waals surface area contributed by atoms with Crippen LogP contribution in [0.2, 0.25) is 0 Å². The van der Waals surface area contributed by atoms with Crippen molar-refractivity contribution in [2.75, 3.05) is 0 Å². The highest BCUT2D eigenvalue weighted by molar-refractivity contribution is 5.93. The maximum absolute atomic E-state index is 11.4. The first-order chi connectivity index (χ1) is 10.9. The SMILES string of the molecule is O=Cc1ccc2n1Cc1ccccc1C=C2c1ccccc1. The molecule has 0 unspecified atom stereocenters. The first kappa shape index (κ1) is 12.8. The molecular formula is C20H15NO. The third kappa shape index (κ3) is 2.01. The van der Waals surface area contributed by atoms with E-state index in [2.05, 4.69) is 41.0 Å². The summed E-state index contributed by atoms with van der Waals surface area (Å²) in [6, 6.07) is 22.6. The second-order valence-electron chi connectivity index (χ2n) is 5.47. The predicted molar refractivity (Wildman–Crippen MR) is 88.8 cm³/mol. The Hall–Kier alpha value is -2.87. The first-order valence-corrected chi connectivity index (χ1v) is 7.37. The van der Waals surface area contributed by atoms with Crippen LogP contribution in [0.15, 0.2) is 66.7 Å². The number of hydrogen-bond acceptors (Lipinski definition) is 1. The highest BCUT2D eigenvalue weighted by Gasteiger charge is 2.18. The van der Waals surface area contributed by atoms with Crippen LogP contribution in [0.4, 0.5) is 0 Å². The van der Waals surface area contributed by atoms with E-state index < -0.39 is 0 Å². The van der Waals surface area contributed by atoms with Gasteiger partial charge in [0, 0.05) is 17.8 Å². The Morgan fingerprint density at radius 1 is 0.864 bits per heavy atom. The normalized spacial score (nSPS) is 12.8. The van der Waals surface area contributed by atoms with Gasteiger partial charge in [-0.15, -0.1) is 0 Å². The minimum Gasteiger partial charge on any atom is -0.334 e. The summed E-state index contributed by atoms with van der Waals surface area (Å²) in [6.45, 7) is 0.722. The fourth-order valence-corrected chi connectivity index (χ4v) is 3.07. The molecule has 3 aromatic rings. The molecule has 22 heavy (non-hydrogen) atoms. The van der Waals surface area contributed by atoms with Crippen molar-refractivity contribution in [2.24, 2.45) is 0 Å². The molecule has 0 amide bonds. The van der Waals surface area contributed by atoms with E-state index in [-0.39, 0.29) is 0 Å². The summed E-state index contributed by atoms with van der Waals surface area (Å²) in [7, 11) is 0. The maximum Gasteiger partial charge on any atom is 0.166 e. The Kier molecular flexibility index (Phi) is 3.01. The van der Waals surface area contributed by atoms with Crippen LogP contribution in [0, 0.1) is 0 Å². The Morgan fingerprint density at radius 2 is 1.64 bits per heavy atom. The second kappa shape index (κ2) is 5.15. The van der Waals surface area contributed by atoms with Gasteiger partial charge in [-0.2, -0.15) is 0 Å². The molecule has 0 fully saturated rings. The van der Waals surface area contributed by atoms with Crippen LogP contribution < -0.4 is 0 Å². The fraction of sp³-hybridized carbons (Fsp3) is 0.0500. The number of rotatable bonds is 2. The van der Waals surface area contributed by atoms with Crippen molar-refractivity contribution in [3.05, 3.63) is 94.8 Å². The van der Waals surface area contributed by atoms with Gasteiger partial charge in [-0.05, 0) is 34.9 Å². The molecule has 0 N–H and O–H groups in total. The van der Waals surface area contributed by atoms with E-state index in [9.17, 15) is 4.79 Å². The summed E-state index contributed by atoms with van der Waals surface area (Å²) in [5, 5.41) is 0. The van der Waals surface area contributed by atoms with Crippen molar-refractivity contribution in [3.8, 4) is 0 Å². The largest absolute Gasteiger partial charge is 0.334 e. The maximum atomic E-state index is 11.4. The number of carbonyl (C=O) groups is 1. The second-order valence-corrected chi connectivity index (χ2v) is 5.47. The van der Waals surface area contributed by atoms with Gasteiger partial charge in [0.25, 0.3) is 0 Å². The number of hydrogen-bond donors (Lipinski definition) is 0. The van der Waals surface area contributed by atoms with Crippen LogP contribution in [0.3, 0.4) is 0 Å². The molecule has 0 spiro atoms. The molecule has 2 heteroatoms. The van der Waals surface area contributed by atoms with Gasteiger partial charge in [0.15, 0.2) is 6.29 Å². The topological polar surface area (TPSA) is 22.0 Å². The highest BCUT2D eigenvalue weighted by atomic mass is 16.1. The number of carbonyl (C=O) groups excluding carboxylic acids is 1. The number of aromatic nitrogens is 1. The minimum absolute atomic E-state index is 0.716. The zero-order valence-corrected chi connectivity index (χ0v) is 12.1. The van der Waals surface area contributed by atoms with E-state index in [1.807, 2.05) is 36.4 Å². The van der Waals surface area contributed by atoms with Gasteiger partial charge in [-0.1, -0.05) is 54.6 Å². The number of nitrogens with zero attached hydrogens (tertiary/aromatic N) is 1. The van der Waals surface area contributed by atoms with Gasteiger partial charge in [-0.3, -0.25) is 4.79 Å². The van der Waals surface area contributed by atoms with Crippen LogP contribution in [0.5, 0.6) is 0 Å². The molecule has 2 aromatic carbocycles. The Balaban J connectivity index is 2.01. The van der Waals surface area contributed by atoms with Gasteiger partial charge >= 0.3 is 0 Å². The van der Waals surface area contributed by atoms with E-state index in [4.69, 9.17) is 0 Å². The lowest BCUT2D eigenvalue weighted by Crippen LogP contribution is -2.06. The van der Waals surface area contributed by atoms with Crippen molar-refractivity contribution < 1.29 is 4.79 Å². The van der Waals surface area contributed by atoms with Crippen molar-refractivity contribution in [1.82, 2.24) is 4.57 Å². The molecule has 2 heterocycles. The molecule has 0 bridgehead atoms. The van der Waals surface area contributed by atoms with E-state index in [0.29, 0.717) is 5.69 Å². The minimum atomic E-state index is 0.716. The molecule has 1 aromatic heterocycles. The lowest BCUT2D eigenvalue weighted by molar-refractivity contribution is 0.111. The fourth-order valence-electron chi connectivity index (χ4n) is 3.07. The monoisotopic (exact) mass is 285 g/mol. The van der Waals surface area contributed by atoms with Crippen molar-refractivity contribution in [3.63, 3.8) is 0 Å². The molecule has 0 saturated heterocycles. The third-order valence-corrected chi connectivity index (χ3v) is 4.18. The summed E-state index contributed by atoms with van der Waals surface area (Å²) in [6.07, 6.45) is 3.15. The summed E-state index contributed by atoms with van der Waals surface area (Å²) < 4.78 is 2.09. The molecule has 0 saturated carbocycles. The van der Waals surface area contributed by atoms with Crippen LogP contribution in [0.1, 0.15) is 32.9 Å². The molecule has 0 radical (unpaired) electrons. The summed E-state index contributed by atoms with van der Waals surface area (Å²) in [5.74, 6) is 0. The van der Waals surface area contributed by atoms with E-state index in [1.54, 1.807) is 0 Å². The molecule has 1 aliphatic heterocycles. The Labute approximate surface area is 129 Å². The van der Waals surface area contributed by atoms with Gasteiger partial charge in [0.2, 0.25) is 0 Å². The van der Waals surface area contributed by atoms with Gasteiger partial charge in [0.1, 0.15) is 0 Å². The van der Waals surface area contributed by atoms with E-state index in [0.717, 1.165) is 29.7 Å². The van der Waals surface area contributed by atoms with E-state index >= 15 is 0 Å². The molecule has 1 aliphatic rings. The summed E-state index contributed by atoms with van der Waals surface area (Å²) in [4.78, 5) is 11.4. The molecular weight excluding hydrogens is 270 g/mol. The lowest BCUT2D eigenvalue weighted by Gasteiger charge is -2.11. The predicted octanol–water partition coefficient (Wildman–Crippen LogP) is 4.25. The Bertz CT molecular complexity index is 872. The first-order valence-electron chi connectivity index (χ1n) is 7.37. The number of fused-ring (bicyclic) bond motifs is 2. The average molecular weight is 285 g/mol.